The number of aliphatic hydroxyl groups is 1. The number of unbranched alkanes of at least 4 members (excludes halogenated alkanes) is 8. The quantitative estimate of drug-likeness (QED) is 0.264. The normalized spacial score (nSPS) is 14.7. The Kier molecular flexibility index (Phi) is 15.1. The fourth-order valence-electron chi connectivity index (χ4n) is 3.18. The number of aliphatic hydroxyl groups excluding tert-OH is 1. The molecule has 2 N–H and O–H groups in total. The molecule has 4 nitrogen and oxygen atoms in total. The zero-order valence-corrected chi connectivity index (χ0v) is 16.7. The van der Waals surface area contributed by atoms with Gasteiger partial charge in [-0.3, -0.25) is 4.55 Å². The van der Waals surface area contributed by atoms with Gasteiger partial charge in [-0.05, 0) is 25.7 Å². The summed E-state index contributed by atoms with van der Waals surface area (Å²) in [5.74, 6) is 0. The first-order valence-electron chi connectivity index (χ1n) is 10.1. The summed E-state index contributed by atoms with van der Waals surface area (Å²) in [5.41, 5.74) is 0. The van der Waals surface area contributed by atoms with Crippen LogP contribution in [0, 0.1) is 0 Å². The summed E-state index contributed by atoms with van der Waals surface area (Å²) in [5, 5.41) is 9.07. The second kappa shape index (κ2) is 15.2. The van der Waals surface area contributed by atoms with Crippen molar-refractivity contribution in [2.75, 3.05) is 0 Å². The first kappa shape index (κ1) is 23.9. The molecule has 0 aromatic rings. The Labute approximate surface area is 150 Å². The van der Waals surface area contributed by atoms with E-state index in [-0.39, 0.29) is 6.10 Å². The number of rotatable bonds is 17. The molecule has 0 aromatic carbocycles. The predicted molar refractivity (Wildman–Crippen MR) is 102 cm³/mol. The molecule has 0 aliphatic heterocycles. The summed E-state index contributed by atoms with van der Waals surface area (Å²) >= 11 is 0. The minimum absolute atomic E-state index is 0.222. The van der Waals surface area contributed by atoms with Gasteiger partial charge < -0.3 is 5.11 Å². The van der Waals surface area contributed by atoms with E-state index in [1.54, 1.807) is 0 Å². The Morgan fingerprint density at radius 1 is 0.667 bits per heavy atom. The van der Waals surface area contributed by atoms with Crippen molar-refractivity contribution in [3.63, 3.8) is 0 Å². The zero-order valence-electron chi connectivity index (χ0n) is 15.9. The second-order valence-electron chi connectivity index (χ2n) is 7.13. The summed E-state index contributed by atoms with van der Waals surface area (Å²) in [6.45, 7) is 4.25. The molecule has 0 aliphatic carbocycles. The molecule has 0 spiro atoms. The summed E-state index contributed by atoms with van der Waals surface area (Å²) in [6.07, 6.45) is 14.3. The standard InChI is InChI=1S/C19H40O4S/c1-3-5-6-7-8-9-12-16-19(24(21,22)23)17-13-10-11-15-18(20)14-4-2/h18-20H,3-17H2,1-2H3,(H,21,22,23). The highest BCUT2D eigenvalue weighted by Crippen LogP contribution is 2.19. The largest absolute Gasteiger partial charge is 0.393 e. The van der Waals surface area contributed by atoms with Crippen LogP contribution in [0.25, 0.3) is 0 Å². The molecule has 0 saturated heterocycles. The van der Waals surface area contributed by atoms with Crippen molar-refractivity contribution in [3.05, 3.63) is 0 Å². The van der Waals surface area contributed by atoms with Crippen molar-refractivity contribution in [2.24, 2.45) is 0 Å². The summed E-state index contributed by atoms with van der Waals surface area (Å²) in [4.78, 5) is 0. The van der Waals surface area contributed by atoms with Crippen molar-refractivity contribution in [3.8, 4) is 0 Å². The third-order valence-corrected chi connectivity index (χ3v) is 6.05. The molecule has 2 unspecified atom stereocenters. The number of hydrogen-bond acceptors (Lipinski definition) is 3. The Morgan fingerprint density at radius 2 is 1.12 bits per heavy atom. The van der Waals surface area contributed by atoms with E-state index in [9.17, 15) is 18.1 Å². The predicted octanol–water partition coefficient (Wildman–Crippen LogP) is 5.50. The molecule has 0 fully saturated rings. The van der Waals surface area contributed by atoms with Gasteiger partial charge in [0.15, 0.2) is 0 Å². The third-order valence-electron chi connectivity index (χ3n) is 4.74. The Hall–Kier alpha value is -0.130. The molecule has 0 radical (unpaired) electrons. The first-order valence-corrected chi connectivity index (χ1v) is 11.6. The van der Waals surface area contributed by atoms with Gasteiger partial charge in [0.2, 0.25) is 0 Å². The van der Waals surface area contributed by atoms with Crippen molar-refractivity contribution in [1.29, 1.82) is 0 Å². The highest BCUT2D eigenvalue weighted by atomic mass is 32.2. The fraction of sp³-hybridized carbons (Fsp3) is 1.00. The van der Waals surface area contributed by atoms with E-state index in [0.717, 1.165) is 57.8 Å². The average Bonchev–Trinajstić information content (AvgIpc) is 2.50. The summed E-state index contributed by atoms with van der Waals surface area (Å²) < 4.78 is 32.4. The maximum atomic E-state index is 11.5. The van der Waals surface area contributed by atoms with E-state index in [1.165, 1.54) is 25.7 Å². The van der Waals surface area contributed by atoms with Gasteiger partial charge in [0.25, 0.3) is 10.1 Å². The van der Waals surface area contributed by atoms with E-state index in [1.807, 2.05) is 0 Å². The molecule has 146 valence electrons. The van der Waals surface area contributed by atoms with Gasteiger partial charge in [0, 0.05) is 0 Å². The maximum absolute atomic E-state index is 11.5. The molecular formula is C19H40O4S. The molecule has 0 rings (SSSR count). The lowest BCUT2D eigenvalue weighted by molar-refractivity contribution is 0.150. The number of hydrogen-bond donors (Lipinski definition) is 2. The van der Waals surface area contributed by atoms with Crippen LogP contribution in [0.4, 0.5) is 0 Å². The smallest absolute Gasteiger partial charge is 0.267 e. The monoisotopic (exact) mass is 364 g/mol. The van der Waals surface area contributed by atoms with Crippen molar-refractivity contribution in [1.82, 2.24) is 0 Å². The third kappa shape index (κ3) is 14.2. The van der Waals surface area contributed by atoms with Crippen LogP contribution in [0.3, 0.4) is 0 Å². The van der Waals surface area contributed by atoms with Crippen molar-refractivity contribution >= 4 is 10.1 Å². The SMILES string of the molecule is CCCCCCCCCC(CCCCCC(O)CCC)S(=O)(=O)O. The Bertz CT molecular complexity index is 368. The highest BCUT2D eigenvalue weighted by molar-refractivity contribution is 7.86. The lowest BCUT2D eigenvalue weighted by Crippen LogP contribution is -2.20. The minimum atomic E-state index is -3.93. The lowest BCUT2D eigenvalue weighted by atomic mass is 10.0. The molecule has 0 saturated carbocycles. The van der Waals surface area contributed by atoms with Crippen LogP contribution in [-0.2, 0) is 10.1 Å². The first-order chi connectivity index (χ1) is 11.4. The van der Waals surface area contributed by atoms with Crippen LogP contribution < -0.4 is 0 Å². The van der Waals surface area contributed by atoms with Crippen LogP contribution in [0.5, 0.6) is 0 Å². The van der Waals surface area contributed by atoms with Gasteiger partial charge in [0.1, 0.15) is 0 Å². The van der Waals surface area contributed by atoms with E-state index >= 15 is 0 Å². The van der Waals surface area contributed by atoms with Gasteiger partial charge in [-0.1, -0.05) is 84.5 Å². The molecule has 0 heterocycles. The highest BCUT2D eigenvalue weighted by Gasteiger charge is 2.21. The maximum Gasteiger partial charge on any atom is 0.267 e. The lowest BCUT2D eigenvalue weighted by Gasteiger charge is -2.14. The molecule has 0 aromatic heterocycles. The van der Waals surface area contributed by atoms with Crippen LogP contribution in [0.15, 0.2) is 0 Å². The van der Waals surface area contributed by atoms with Gasteiger partial charge in [0.05, 0.1) is 11.4 Å². The van der Waals surface area contributed by atoms with Gasteiger partial charge >= 0.3 is 0 Å². The van der Waals surface area contributed by atoms with Crippen LogP contribution >= 0.6 is 0 Å². The van der Waals surface area contributed by atoms with Crippen molar-refractivity contribution < 1.29 is 18.1 Å². The topological polar surface area (TPSA) is 74.6 Å². The van der Waals surface area contributed by atoms with E-state index < -0.39 is 15.4 Å². The molecule has 24 heavy (non-hydrogen) atoms. The Balaban J connectivity index is 3.83. The fourth-order valence-corrected chi connectivity index (χ4v) is 4.11. The molecule has 0 amide bonds. The Morgan fingerprint density at radius 3 is 1.62 bits per heavy atom. The van der Waals surface area contributed by atoms with Gasteiger partial charge in [-0.25, -0.2) is 0 Å². The van der Waals surface area contributed by atoms with Crippen molar-refractivity contribution in [2.45, 2.75) is 122 Å². The van der Waals surface area contributed by atoms with E-state index in [4.69, 9.17) is 0 Å². The molecule has 5 heteroatoms. The van der Waals surface area contributed by atoms with Crippen LogP contribution in [0.2, 0.25) is 0 Å². The van der Waals surface area contributed by atoms with Crippen LogP contribution in [-0.4, -0.2) is 29.4 Å². The molecule has 0 aliphatic rings. The van der Waals surface area contributed by atoms with E-state index in [0.29, 0.717) is 12.8 Å². The molecule has 0 bridgehead atoms. The van der Waals surface area contributed by atoms with Crippen LogP contribution in [0.1, 0.15) is 110 Å². The van der Waals surface area contributed by atoms with Gasteiger partial charge in [-0.15, -0.1) is 0 Å². The van der Waals surface area contributed by atoms with Gasteiger partial charge in [-0.2, -0.15) is 8.42 Å². The minimum Gasteiger partial charge on any atom is -0.393 e. The molecule has 2 atom stereocenters. The summed E-state index contributed by atoms with van der Waals surface area (Å²) in [6, 6.07) is 0. The summed E-state index contributed by atoms with van der Waals surface area (Å²) in [7, 11) is -3.93. The average molecular weight is 365 g/mol. The molecular weight excluding hydrogens is 324 g/mol. The van der Waals surface area contributed by atoms with E-state index in [2.05, 4.69) is 13.8 Å². The zero-order chi connectivity index (χ0) is 18.3. The second-order valence-corrected chi connectivity index (χ2v) is 8.82.